The number of nitrogens with one attached hydrogen (secondary N) is 1. The van der Waals surface area contributed by atoms with Gasteiger partial charge in [0.15, 0.2) is 0 Å². The van der Waals surface area contributed by atoms with Crippen LogP contribution in [0.4, 0.5) is 4.39 Å². The number of benzene rings is 2. The quantitative estimate of drug-likeness (QED) is 0.941. The molecule has 3 nitrogen and oxygen atoms in total. The second-order valence-electron chi connectivity index (χ2n) is 5.66. The fourth-order valence-electron chi connectivity index (χ4n) is 2.84. The monoisotopic (exact) mass is 298 g/mol. The Morgan fingerprint density at radius 3 is 2.64 bits per heavy atom. The SMILES string of the molecule is O=C(N[C@@H]1CCN(Cc2ccccc2)C1)c1ccccc1F. The Bertz CT molecular complexity index is 645. The number of carbonyl (C=O) groups is 1. The van der Waals surface area contributed by atoms with Crippen LogP contribution in [0.1, 0.15) is 22.3 Å². The van der Waals surface area contributed by atoms with Gasteiger partial charge in [0, 0.05) is 25.7 Å². The summed E-state index contributed by atoms with van der Waals surface area (Å²) in [6.45, 7) is 2.62. The van der Waals surface area contributed by atoms with Crippen LogP contribution in [0.15, 0.2) is 54.6 Å². The molecule has 0 radical (unpaired) electrons. The highest BCUT2D eigenvalue weighted by atomic mass is 19.1. The minimum absolute atomic E-state index is 0.0795. The van der Waals surface area contributed by atoms with E-state index in [-0.39, 0.29) is 17.5 Å². The molecular weight excluding hydrogens is 279 g/mol. The first-order valence-corrected chi connectivity index (χ1v) is 7.54. The van der Waals surface area contributed by atoms with Crippen molar-refractivity contribution in [3.05, 3.63) is 71.5 Å². The van der Waals surface area contributed by atoms with Crippen LogP contribution in [0.2, 0.25) is 0 Å². The smallest absolute Gasteiger partial charge is 0.254 e. The molecule has 1 fully saturated rings. The molecule has 2 aromatic carbocycles. The Morgan fingerprint density at radius 2 is 1.86 bits per heavy atom. The van der Waals surface area contributed by atoms with Crippen molar-refractivity contribution in [2.45, 2.75) is 19.0 Å². The molecule has 3 rings (SSSR count). The molecule has 0 bridgehead atoms. The molecule has 1 N–H and O–H groups in total. The number of carbonyl (C=O) groups excluding carboxylic acids is 1. The fourth-order valence-corrected chi connectivity index (χ4v) is 2.84. The molecule has 1 aliphatic rings. The summed E-state index contributed by atoms with van der Waals surface area (Å²) in [5, 5.41) is 2.93. The second-order valence-corrected chi connectivity index (χ2v) is 5.66. The third-order valence-corrected chi connectivity index (χ3v) is 3.98. The molecule has 0 spiro atoms. The van der Waals surface area contributed by atoms with Crippen molar-refractivity contribution in [1.29, 1.82) is 0 Å². The molecular formula is C18H19FN2O. The van der Waals surface area contributed by atoms with Crippen molar-refractivity contribution < 1.29 is 9.18 Å². The van der Waals surface area contributed by atoms with Gasteiger partial charge in [-0.3, -0.25) is 9.69 Å². The first-order valence-electron chi connectivity index (χ1n) is 7.54. The molecule has 1 amide bonds. The number of hydrogen-bond acceptors (Lipinski definition) is 2. The third-order valence-electron chi connectivity index (χ3n) is 3.98. The highest BCUT2D eigenvalue weighted by molar-refractivity contribution is 5.94. The largest absolute Gasteiger partial charge is 0.348 e. The highest BCUT2D eigenvalue weighted by Gasteiger charge is 2.24. The number of nitrogens with zero attached hydrogens (tertiary/aromatic N) is 1. The average molecular weight is 298 g/mol. The van der Waals surface area contributed by atoms with Gasteiger partial charge < -0.3 is 5.32 Å². The Kier molecular flexibility index (Phi) is 4.49. The van der Waals surface area contributed by atoms with Crippen molar-refractivity contribution in [3.63, 3.8) is 0 Å². The molecule has 0 unspecified atom stereocenters. The van der Waals surface area contributed by atoms with Crippen LogP contribution in [0.25, 0.3) is 0 Å². The summed E-state index contributed by atoms with van der Waals surface area (Å²) in [6.07, 6.45) is 0.896. The van der Waals surface area contributed by atoms with E-state index in [1.54, 1.807) is 12.1 Å². The molecule has 1 aliphatic heterocycles. The minimum atomic E-state index is -0.473. The van der Waals surface area contributed by atoms with E-state index in [0.717, 1.165) is 26.1 Å². The number of halogens is 1. The third kappa shape index (κ3) is 3.52. The van der Waals surface area contributed by atoms with Gasteiger partial charge in [-0.05, 0) is 24.1 Å². The van der Waals surface area contributed by atoms with E-state index in [2.05, 4.69) is 22.3 Å². The predicted molar refractivity (Wildman–Crippen MR) is 84.0 cm³/mol. The lowest BCUT2D eigenvalue weighted by Gasteiger charge is -2.17. The molecule has 22 heavy (non-hydrogen) atoms. The Morgan fingerprint density at radius 1 is 1.14 bits per heavy atom. The maximum atomic E-state index is 13.6. The van der Waals surface area contributed by atoms with Crippen molar-refractivity contribution >= 4 is 5.91 Å². The van der Waals surface area contributed by atoms with Gasteiger partial charge in [0.25, 0.3) is 5.91 Å². The van der Waals surface area contributed by atoms with E-state index in [4.69, 9.17) is 0 Å². The average Bonchev–Trinajstić information content (AvgIpc) is 2.95. The van der Waals surface area contributed by atoms with E-state index >= 15 is 0 Å². The van der Waals surface area contributed by atoms with Gasteiger partial charge >= 0.3 is 0 Å². The lowest BCUT2D eigenvalue weighted by Crippen LogP contribution is -2.37. The minimum Gasteiger partial charge on any atom is -0.348 e. The Hall–Kier alpha value is -2.20. The molecule has 1 heterocycles. The van der Waals surface area contributed by atoms with E-state index in [0.29, 0.717) is 0 Å². The van der Waals surface area contributed by atoms with Gasteiger partial charge in [-0.1, -0.05) is 42.5 Å². The van der Waals surface area contributed by atoms with E-state index < -0.39 is 5.82 Å². The molecule has 114 valence electrons. The number of hydrogen-bond donors (Lipinski definition) is 1. The van der Waals surface area contributed by atoms with Gasteiger partial charge in [0.1, 0.15) is 5.82 Å². The number of likely N-dealkylation sites (tertiary alicyclic amines) is 1. The van der Waals surface area contributed by atoms with Crippen LogP contribution in [-0.4, -0.2) is 29.9 Å². The zero-order valence-corrected chi connectivity index (χ0v) is 12.3. The van der Waals surface area contributed by atoms with Crippen LogP contribution < -0.4 is 5.32 Å². The lowest BCUT2D eigenvalue weighted by molar-refractivity contribution is 0.0933. The standard InChI is InChI=1S/C18H19FN2O/c19-17-9-5-4-8-16(17)18(22)20-15-10-11-21(13-15)12-14-6-2-1-3-7-14/h1-9,15H,10-13H2,(H,20,22)/t15-/m1/s1. The van der Waals surface area contributed by atoms with Crippen LogP contribution in [0, 0.1) is 5.82 Å². The second kappa shape index (κ2) is 6.71. The van der Waals surface area contributed by atoms with Gasteiger partial charge in [-0.2, -0.15) is 0 Å². The molecule has 4 heteroatoms. The van der Waals surface area contributed by atoms with Gasteiger partial charge in [0.05, 0.1) is 5.56 Å². The van der Waals surface area contributed by atoms with Crippen molar-refractivity contribution in [2.24, 2.45) is 0 Å². The Balaban J connectivity index is 1.55. The van der Waals surface area contributed by atoms with E-state index in [1.165, 1.54) is 17.7 Å². The van der Waals surface area contributed by atoms with Crippen LogP contribution >= 0.6 is 0 Å². The van der Waals surface area contributed by atoms with Gasteiger partial charge in [0.2, 0.25) is 0 Å². The molecule has 0 aromatic heterocycles. The number of rotatable bonds is 4. The summed E-state index contributed by atoms with van der Waals surface area (Å²) in [5.41, 5.74) is 1.38. The lowest BCUT2D eigenvalue weighted by atomic mass is 10.1. The van der Waals surface area contributed by atoms with Crippen LogP contribution in [0.5, 0.6) is 0 Å². The van der Waals surface area contributed by atoms with E-state index in [9.17, 15) is 9.18 Å². The molecule has 1 saturated heterocycles. The van der Waals surface area contributed by atoms with Gasteiger partial charge in [-0.25, -0.2) is 4.39 Å². The molecule has 0 saturated carbocycles. The highest BCUT2D eigenvalue weighted by Crippen LogP contribution is 2.14. The van der Waals surface area contributed by atoms with Crippen LogP contribution in [0.3, 0.4) is 0 Å². The summed E-state index contributed by atoms with van der Waals surface area (Å²) < 4.78 is 13.6. The zero-order valence-electron chi connectivity index (χ0n) is 12.3. The normalized spacial score (nSPS) is 18.3. The summed E-state index contributed by atoms with van der Waals surface area (Å²) >= 11 is 0. The molecule has 0 aliphatic carbocycles. The van der Waals surface area contributed by atoms with Crippen LogP contribution in [-0.2, 0) is 6.54 Å². The summed E-state index contributed by atoms with van der Waals surface area (Å²) in [4.78, 5) is 14.4. The summed E-state index contributed by atoms with van der Waals surface area (Å²) in [6, 6.07) is 16.4. The predicted octanol–water partition coefficient (Wildman–Crippen LogP) is 2.83. The fraction of sp³-hybridized carbons (Fsp3) is 0.278. The maximum Gasteiger partial charge on any atom is 0.254 e. The molecule has 1 atom stereocenters. The first-order chi connectivity index (χ1) is 10.7. The van der Waals surface area contributed by atoms with Crippen molar-refractivity contribution in [1.82, 2.24) is 10.2 Å². The van der Waals surface area contributed by atoms with E-state index in [1.807, 2.05) is 18.2 Å². The maximum absolute atomic E-state index is 13.6. The number of amides is 1. The topological polar surface area (TPSA) is 32.3 Å². The van der Waals surface area contributed by atoms with Gasteiger partial charge in [-0.15, -0.1) is 0 Å². The summed E-state index contributed by atoms with van der Waals surface area (Å²) in [7, 11) is 0. The first kappa shape index (κ1) is 14.7. The van der Waals surface area contributed by atoms with Crippen molar-refractivity contribution in [3.8, 4) is 0 Å². The zero-order chi connectivity index (χ0) is 15.4. The Labute approximate surface area is 129 Å². The summed E-state index contributed by atoms with van der Waals surface area (Å²) in [5.74, 6) is -0.802. The van der Waals surface area contributed by atoms with Crippen molar-refractivity contribution in [2.75, 3.05) is 13.1 Å². The molecule has 2 aromatic rings.